The molecule has 5 nitrogen and oxygen atoms in total. The average Bonchev–Trinajstić information content (AvgIpc) is 3.08. The molecule has 0 aliphatic carbocycles. The van der Waals surface area contributed by atoms with Gasteiger partial charge >= 0.3 is 0 Å². The van der Waals surface area contributed by atoms with Crippen LogP contribution in [0.4, 0.5) is 0 Å². The minimum Gasteiger partial charge on any atom is -0.343 e. The van der Waals surface area contributed by atoms with Crippen molar-refractivity contribution in [3.8, 4) is 11.4 Å². The summed E-state index contributed by atoms with van der Waals surface area (Å²) in [6.45, 7) is 0.148. The molecule has 0 radical (unpaired) electrons. The first kappa shape index (κ1) is 16.0. The van der Waals surface area contributed by atoms with E-state index < -0.39 is 0 Å². The molecule has 3 aromatic rings. The predicted octanol–water partition coefficient (Wildman–Crippen LogP) is 3.72. The van der Waals surface area contributed by atoms with E-state index in [-0.39, 0.29) is 12.5 Å². The lowest BCUT2D eigenvalue weighted by Crippen LogP contribution is -2.20. The Morgan fingerprint density at radius 1 is 1.12 bits per heavy atom. The van der Waals surface area contributed by atoms with Gasteiger partial charge in [-0.05, 0) is 23.8 Å². The van der Waals surface area contributed by atoms with Crippen LogP contribution in [0.2, 0.25) is 5.02 Å². The molecule has 3 rings (SSSR count). The monoisotopic (exact) mass is 339 g/mol. The molecule has 0 bridgehead atoms. The highest BCUT2D eigenvalue weighted by Gasteiger charge is 2.11. The number of rotatable bonds is 5. The van der Waals surface area contributed by atoms with Crippen LogP contribution >= 0.6 is 11.6 Å². The Kier molecular flexibility index (Phi) is 5.03. The molecule has 0 unspecified atom stereocenters. The molecule has 120 valence electrons. The number of hydrogen-bond acceptors (Lipinski definition) is 4. The van der Waals surface area contributed by atoms with Crippen LogP contribution in [-0.2, 0) is 11.3 Å². The van der Waals surface area contributed by atoms with E-state index in [0.29, 0.717) is 22.3 Å². The van der Waals surface area contributed by atoms with Crippen LogP contribution in [0.1, 0.15) is 11.5 Å². The van der Waals surface area contributed by atoms with Crippen molar-refractivity contribution in [2.45, 2.75) is 6.54 Å². The number of nitrogens with zero attached hydrogens (tertiary/aromatic N) is 2. The molecule has 0 atom stereocenters. The molecule has 1 amide bonds. The fourth-order valence-corrected chi connectivity index (χ4v) is 2.26. The van der Waals surface area contributed by atoms with Gasteiger partial charge in [-0.25, -0.2) is 0 Å². The first-order valence-electron chi connectivity index (χ1n) is 7.31. The number of benzene rings is 2. The zero-order chi connectivity index (χ0) is 16.8. The molecule has 2 aromatic carbocycles. The lowest BCUT2D eigenvalue weighted by molar-refractivity contribution is -0.116. The highest BCUT2D eigenvalue weighted by molar-refractivity contribution is 6.33. The van der Waals surface area contributed by atoms with Gasteiger partial charge in [0, 0.05) is 11.6 Å². The van der Waals surface area contributed by atoms with Gasteiger partial charge in [-0.2, -0.15) is 4.98 Å². The van der Waals surface area contributed by atoms with Crippen molar-refractivity contribution in [1.82, 2.24) is 15.5 Å². The standard InChI is InChI=1S/C18H14ClN3O2/c19-15-9-5-4-8-14(15)18-21-17(24-22-18)12-20-16(23)11-10-13-6-2-1-3-7-13/h1-11H,12H2,(H,20,23)/b11-10+. The van der Waals surface area contributed by atoms with Crippen molar-refractivity contribution in [2.75, 3.05) is 0 Å². The van der Waals surface area contributed by atoms with Crippen molar-refractivity contribution in [3.05, 3.63) is 77.2 Å². The number of carbonyl (C=O) groups excluding carboxylic acids is 1. The Balaban J connectivity index is 1.59. The molecule has 0 fully saturated rings. The van der Waals surface area contributed by atoms with Crippen molar-refractivity contribution in [1.29, 1.82) is 0 Å². The third-order valence-corrected chi connectivity index (χ3v) is 3.55. The molecular weight excluding hydrogens is 326 g/mol. The normalized spacial score (nSPS) is 10.9. The Morgan fingerprint density at radius 3 is 2.67 bits per heavy atom. The minimum atomic E-state index is -0.239. The minimum absolute atomic E-state index is 0.148. The smallest absolute Gasteiger partial charge is 0.246 e. The van der Waals surface area contributed by atoms with Crippen LogP contribution < -0.4 is 5.32 Å². The van der Waals surface area contributed by atoms with Crippen LogP contribution in [0.25, 0.3) is 17.5 Å². The van der Waals surface area contributed by atoms with Gasteiger partial charge in [0.2, 0.25) is 17.6 Å². The number of amides is 1. The zero-order valence-electron chi connectivity index (χ0n) is 12.6. The molecule has 0 aliphatic rings. The number of carbonyl (C=O) groups is 1. The summed E-state index contributed by atoms with van der Waals surface area (Å²) < 4.78 is 5.13. The number of aromatic nitrogens is 2. The molecule has 0 aliphatic heterocycles. The Hall–Kier alpha value is -2.92. The van der Waals surface area contributed by atoms with E-state index in [1.165, 1.54) is 6.08 Å². The van der Waals surface area contributed by atoms with Crippen molar-refractivity contribution in [2.24, 2.45) is 0 Å². The van der Waals surface area contributed by atoms with Gasteiger partial charge in [0.05, 0.1) is 11.6 Å². The fraction of sp³-hybridized carbons (Fsp3) is 0.0556. The molecule has 0 saturated heterocycles. The largest absolute Gasteiger partial charge is 0.343 e. The van der Waals surface area contributed by atoms with E-state index in [9.17, 15) is 4.79 Å². The maximum absolute atomic E-state index is 11.8. The molecule has 1 aromatic heterocycles. The van der Waals surface area contributed by atoms with E-state index in [2.05, 4.69) is 15.5 Å². The van der Waals surface area contributed by atoms with Crippen LogP contribution in [0.15, 0.2) is 65.2 Å². The lowest BCUT2D eigenvalue weighted by Gasteiger charge is -1.97. The summed E-state index contributed by atoms with van der Waals surface area (Å²) in [5.74, 6) is 0.465. The van der Waals surface area contributed by atoms with Gasteiger partial charge < -0.3 is 9.84 Å². The Morgan fingerprint density at radius 2 is 1.88 bits per heavy atom. The second kappa shape index (κ2) is 7.57. The molecular formula is C18H14ClN3O2. The Labute approximate surface area is 144 Å². The molecule has 1 heterocycles. The number of hydrogen-bond donors (Lipinski definition) is 1. The van der Waals surface area contributed by atoms with Gasteiger partial charge in [0.15, 0.2) is 0 Å². The Bertz CT molecular complexity index is 859. The topological polar surface area (TPSA) is 68.0 Å². The van der Waals surface area contributed by atoms with Crippen molar-refractivity contribution in [3.63, 3.8) is 0 Å². The van der Waals surface area contributed by atoms with E-state index in [1.54, 1.807) is 18.2 Å². The first-order chi connectivity index (χ1) is 11.7. The maximum atomic E-state index is 11.8. The van der Waals surface area contributed by atoms with Crippen LogP contribution in [0.3, 0.4) is 0 Å². The van der Waals surface area contributed by atoms with E-state index in [0.717, 1.165) is 5.56 Å². The first-order valence-corrected chi connectivity index (χ1v) is 7.68. The maximum Gasteiger partial charge on any atom is 0.246 e. The molecule has 24 heavy (non-hydrogen) atoms. The number of halogens is 1. The zero-order valence-corrected chi connectivity index (χ0v) is 13.4. The fourth-order valence-electron chi connectivity index (χ4n) is 2.04. The summed E-state index contributed by atoms with van der Waals surface area (Å²) in [5.41, 5.74) is 1.64. The summed E-state index contributed by atoms with van der Waals surface area (Å²) >= 11 is 6.09. The third kappa shape index (κ3) is 4.08. The molecule has 1 N–H and O–H groups in total. The molecule has 6 heteroatoms. The quantitative estimate of drug-likeness (QED) is 0.719. The van der Waals surface area contributed by atoms with E-state index >= 15 is 0 Å². The molecule has 0 spiro atoms. The second-order valence-corrected chi connectivity index (χ2v) is 5.36. The van der Waals surface area contributed by atoms with Crippen molar-refractivity contribution >= 4 is 23.6 Å². The van der Waals surface area contributed by atoms with Crippen molar-refractivity contribution < 1.29 is 9.32 Å². The van der Waals surface area contributed by atoms with Crippen LogP contribution in [-0.4, -0.2) is 16.0 Å². The van der Waals surface area contributed by atoms with Gasteiger partial charge in [0.25, 0.3) is 0 Å². The van der Waals surface area contributed by atoms with Gasteiger partial charge in [-0.3, -0.25) is 4.79 Å². The number of nitrogens with one attached hydrogen (secondary N) is 1. The summed E-state index contributed by atoms with van der Waals surface area (Å²) in [6, 6.07) is 16.8. The van der Waals surface area contributed by atoms with E-state index in [1.807, 2.05) is 42.5 Å². The summed E-state index contributed by atoms with van der Waals surface area (Å²) in [5, 5.41) is 7.11. The highest BCUT2D eigenvalue weighted by atomic mass is 35.5. The van der Waals surface area contributed by atoms with E-state index in [4.69, 9.17) is 16.1 Å². The molecule has 0 saturated carbocycles. The SMILES string of the molecule is O=C(/C=C/c1ccccc1)NCc1nc(-c2ccccc2Cl)no1. The average molecular weight is 340 g/mol. The highest BCUT2D eigenvalue weighted by Crippen LogP contribution is 2.24. The van der Waals surface area contributed by atoms with Gasteiger partial charge in [0.1, 0.15) is 0 Å². The summed E-state index contributed by atoms with van der Waals surface area (Å²) in [4.78, 5) is 16.0. The second-order valence-electron chi connectivity index (χ2n) is 4.95. The van der Waals surface area contributed by atoms with Crippen LogP contribution in [0, 0.1) is 0 Å². The van der Waals surface area contributed by atoms with Gasteiger partial charge in [-0.15, -0.1) is 0 Å². The van der Waals surface area contributed by atoms with Crippen LogP contribution in [0.5, 0.6) is 0 Å². The summed E-state index contributed by atoms with van der Waals surface area (Å²) in [7, 11) is 0. The summed E-state index contributed by atoms with van der Waals surface area (Å²) in [6.07, 6.45) is 3.19. The third-order valence-electron chi connectivity index (χ3n) is 3.22. The van der Waals surface area contributed by atoms with Gasteiger partial charge in [-0.1, -0.05) is 59.2 Å². The predicted molar refractivity (Wildman–Crippen MR) is 92.1 cm³/mol. The lowest BCUT2D eigenvalue weighted by atomic mass is 10.2.